The minimum atomic E-state index is 0.0448. The molecule has 1 amide bonds. The van der Waals surface area contributed by atoms with E-state index in [1.807, 2.05) is 18.7 Å². The molecular formula is C17H26N2O. The Balaban J connectivity index is 2.12. The Bertz CT molecular complexity index is 453. The molecule has 2 N–H and O–H groups in total. The van der Waals surface area contributed by atoms with Gasteiger partial charge in [0.25, 0.3) is 0 Å². The van der Waals surface area contributed by atoms with Crippen LogP contribution in [0.4, 0.5) is 0 Å². The van der Waals surface area contributed by atoms with Crippen molar-refractivity contribution in [3.05, 3.63) is 35.4 Å². The van der Waals surface area contributed by atoms with Crippen molar-refractivity contribution in [2.24, 2.45) is 11.7 Å². The lowest BCUT2D eigenvalue weighted by Crippen LogP contribution is -2.49. The second kappa shape index (κ2) is 6.40. The maximum absolute atomic E-state index is 12.2. The molecule has 0 aromatic heterocycles. The van der Waals surface area contributed by atoms with Crippen LogP contribution in [0.3, 0.4) is 0 Å². The van der Waals surface area contributed by atoms with Gasteiger partial charge in [-0.2, -0.15) is 0 Å². The Morgan fingerprint density at radius 1 is 1.30 bits per heavy atom. The third-order valence-electron chi connectivity index (χ3n) is 4.15. The third-order valence-corrected chi connectivity index (χ3v) is 4.15. The smallest absolute Gasteiger partial charge is 0.225 e. The molecular weight excluding hydrogens is 248 g/mol. The van der Waals surface area contributed by atoms with E-state index in [9.17, 15) is 4.79 Å². The monoisotopic (exact) mass is 274 g/mol. The van der Waals surface area contributed by atoms with Crippen LogP contribution in [0.2, 0.25) is 0 Å². The Labute approximate surface area is 122 Å². The number of amides is 1. The van der Waals surface area contributed by atoms with Crippen LogP contribution in [0.25, 0.3) is 0 Å². The number of nitrogens with two attached hydrogens (primary N) is 1. The lowest BCUT2D eigenvalue weighted by Gasteiger charge is -2.37. The number of hydrogen-bond donors (Lipinski definition) is 1. The van der Waals surface area contributed by atoms with Crippen molar-refractivity contribution in [3.8, 4) is 0 Å². The first kappa shape index (κ1) is 15.0. The van der Waals surface area contributed by atoms with Crippen molar-refractivity contribution in [1.29, 1.82) is 0 Å². The van der Waals surface area contributed by atoms with Crippen LogP contribution in [0, 0.1) is 5.92 Å². The highest BCUT2D eigenvalue weighted by Crippen LogP contribution is 2.27. The molecule has 0 spiro atoms. The van der Waals surface area contributed by atoms with Gasteiger partial charge in [0, 0.05) is 31.0 Å². The number of hydrogen-bond acceptors (Lipinski definition) is 2. The SMILES string of the molecule is CCc1ccc(C2CC(N)CN(C(=O)C(C)C)C2)cc1. The summed E-state index contributed by atoms with van der Waals surface area (Å²) >= 11 is 0. The van der Waals surface area contributed by atoms with Gasteiger partial charge in [0.15, 0.2) is 0 Å². The normalized spacial score (nSPS) is 23.1. The Morgan fingerprint density at radius 3 is 2.50 bits per heavy atom. The van der Waals surface area contributed by atoms with Crippen molar-refractivity contribution in [2.45, 2.75) is 45.6 Å². The molecule has 1 heterocycles. The summed E-state index contributed by atoms with van der Waals surface area (Å²) in [5.74, 6) is 0.631. The highest BCUT2D eigenvalue weighted by Gasteiger charge is 2.29. The largest absolute Gasteiger partial charge is 0.340 e. The first-order valence-corrected chi connectivity index (χ1v) is 7.64. The van der Waals surface area contributed by atoms with E-state index in [2.05, 4.69) is 31.2 Å². The molecule has 0 bridgehead atoms. The van der Waals surface area contributed by atoms with Gasteiger partial charge in [-0.15, -0.1) is 0 Å². The van der Waals surface area contributed by atoms with Gasteiger partial charge in [0.1, 0.15) is 0 Å². The molecule has 1 aliphatic heterocycles. The molecule has 1 aliphatic rings. The molecule has 0 aliphatic carbocycles. The standard InChI is InChI=1S/C17H26N2O/c1-4-13-5-7-14(8-6-13)15-9-16(18)11-19(10-15)17(20)12(2)3/h5-8,12,15-16H,4,9-11,18H2,1-3H3. The van der Waals surface area contributed by atoms with Gasteiger partial charge in [-0.3, -0.25) is 4.79 Å². The van der Waals surface area contributed by atoms with E-state index in [-0.39, 0.29) is 17.9 Å². The molecule has 110 valence electrons. The van der Waals surface area contributed by atoms with Crippen LogP contribution in [0.5, 0.6) is 0 Å². The second-order valence-corrected chi connectivity index (χ2v) is 6.19. The van der Waals surface area contributed by atoms with Crippen LogP contribution < -0.4 is 5.73 Å². The van der Waals surface area contributed by atoms with Gasteiger partial charge in [-0.05, 0) is 24.0 Å². The Hall–Kier alpha value is -1.35. The molecule has 2 rings (SSSR count). The van der Waals surface area contributed by atoms with Gasteiger partial charge >= 0.3 is 0 Å². The number of piperidine rings is 1. The van der Waals surface area contributed by atoms with Gasteiger partial charge < -0.3 is 10.6 Å². The van der Waals surface area contributed by atoms with E-state index in [4.69, 9.17) is 5.73 Å². The number of aryl methyl sites for hydroxylation is 1. The van der Waals surface area contributed by atoms with E-state index in [1.165, 1.54) is 11.1 Å². The number of carbonyl (C=O) groups is 1. The van der Waals surface area contributed by atoms with Crippen molar-refractivity contribution in [3.63, 3.8) is 0 Å². The molecule has 1 saturated heterocycles. The summed E-state index contributed by atoms with van der Waals surface area (Å²) in [7, 11) is 0. The lowest BCUT2D eigenvalue weighted by molar-refractivity contribution is -0.136. The van der Waals surface area contributed by atoms with Crippen LogP contribution in [0.15, 0.2) is 24.3 Å². The van der Waals surface area contributed by atoms with Gasteiger partial charge in [-0.25, -0.2) is 0 Å². The van der Waals surface area contributed by atoms with Crippen molar-refractivity contribution in [2.75, 3.05) is 13.1 Å². The molecule has 0 radical (unpaired) electrons. The minimum absolute atomic E-state index is 0.0448. The quantitative estimate of drug-likeness (QED) is 0.920. The van der Waals surface area contributed by atoms with E-state index in [0.29, 0.717) is 12.5 Å². The highest BCUT2D eigenvalue weighted by atomic mass is 16.2. The zero-order valence-electron chi connectivity index (χ0n) is 12.8. The fraction of sp³-hybridized carbons (Fsp3) is 0.588. The van der Waals surface area contributed by atoms with Crippen LogP contribution in [-0.2, 0) is 11.2 Å². The van der Waals surface area contributed by atoms with E-state index >= 15 is 0 Å². The molecule has 2 unspecified atom stereocenters. The predicted molar refractivity (Wildman–Crippen MR) is 82.6 cm³/mol. The van der Waals surface area contributed by atoms with Crippen molar-refractivity contribution < 1.29 is 4.79 Å². The predicted octanol–water partition coefficient (Wildman–Crippen LogP) is 2.55. The molecule has 1 aromatic rings. The summed E-state index contributed by atoms with van der Waals surface area (Å²) in [6, 6.07) is 8.84. The first-order chi connectivity index (χ1) is 9.51. The Kier molecular flexibility index (Phi) is 4.81. The molecule has 20 heavy (non-hydrogen) atoms. The molecule has 3 nitrogen and oxygen atoms in total. The third kappa shape index (κ3) is 3.40. The van der Waals surface area contributed by atoms with Crippen LogP contribution in [-0.4, -0.2) is 29.9 Å². The van der Waals surface area contributed by atoms with E-state index in [1.54, 1.807) is 0 Å². The van der Waals surface area contributed by atoms with Crippen molar-refractivity contribution >= 4 is 5.91 Å². The van der Waals surface area contributed by atoms with E-state index < -0.39 is 0 Å². The van der Waals surface area contributed by atoms with Gasteiger partial charge in [-0.1, -0.05) is 45.0 Å². The van der Waals surface area contributed by atoms with Crippen LogP contribution >= 0.6 is 0 Å². The van der Waals surface area contributed by atoms with Gasteiger partial charge in [0.2, 0.25) is 5.91 Å². The lowest BCUT2D eigenvalue weighted by atomic mass is 9.87. The van der Waals surface area contributed by atoms with E-state index in [0.717, 1.165) is 19.4 Å². The van der Waals surface area contributed by atoms with Gasteiger partial charge in [0.05, 0.1) is 0 Å². The summed E-state index contributed by atoms with van der Waals surface area (Å²) < 4.78 is 0. The number of likely N-dealkylation sites (tertiary alicyclic amines) is 1. The maximum Gasteiger partial charge on any atom is 0.225 e. The first-order valence-electron chi connectivity index (χ1n) is 7.64. The summed E-state index contributed by atoms with van der Waals surface area (Å²) in [6.45, 7) is 7.56. The van der Waals surface area contributed by atoms with Crippen molar-refractivity contribution in [1.82, 2.24) is 4.90 Å². The average molecular weight is 274 g/mol. The minimum Gasteiger partial charge on any atom is -0.340 e. The maximum atomic E-state index is 12.2. The zero-order chi connectivity index (χ0) is 14.7. The summed E-state index contributed by atoms with van der Waals surface area (Å²) in [4.78, 5) is 14.1. The van der Waals surface area contributed by atoms with Crippen LogP contribution in [0.1, 0.15) is 44.2 Å². The zero-order valence-corrected chi connectivity index (χ0v) is 12.8. The fourth-order valence-corrected chi connectivity index (χ4v) is 2.95. The fourth-order valence-electron chi connectivity index (χ4n) is 2.95. The number of rotatable bonds is 3. The second-order valence-electron chi connectivity index (χ2n) is 6.19. The Morgan fingerprint density at radius 2 is 1.95 bits per heavy atom. The topological polar surface area (TPSA) is 46.3 Å². The molecule has 0 saturated carbocycles. The highest BCUT2D eigenvalue weighted by molar-refractivity contribution is 5.78. The number of nitrogens with zero attached hydrogens (tertiary/aromatic N) is 1. The summed E-state index contributed by atoms with van der Waals surface area (Å²) in [5, 5.41) is 0. The molecule has 3 heteroatoms. The average Bonchev–Trinajstić information content (AvgIpc) is 2.45. The molecule has 2 atom stereocenters. The molecule has 1 fully saturated rings. The summed E-state index contributed by atoms with van der Waals surface area (Å²) in [5.41, 5.74) is 8.81. The summed E-state index contributed by atoms with van der Waals surface area (Å²) in [6.07, 6.45) is 2.02. The molecule has 1 aromatic carbocycles. The number of carbonyl (C=O) groups excluding carboxylic acids is 1. The number of benzene rings is 1.